The van der Waals surface area contributed by atoms with E-state index >= 15 is 0 Å². The van der Waals surface area contributed by atoms with Crippen molar-refractivity contribution in [2.75, 3.05) is 13.2 Å². The third kappa shape index (κ3) is 5.54. The molecule has 6 nitrogen and oxygen atoms in total. The summed E-state index contributed by atoms with van der Waals surface area (Å²) in [5.41, 5.74) is 9.74. The number of aliphatic imine (C=N–C) groups is 1. The maximum Gasteiger partial charge on any atom is 0.338 e. The highest BCUT2D eigenvalue weighted by atomic mass is 35.5. The van der Waals surface area contributed by atoms with Crippen molar-refractivity contribution >= 4 is 23.5 Å². The van der Waals surface area contributed by atoms with Gasteiger partial charge in [-0.25, -0.2) is 4.79 Å². The average molecular weight is 427 g/mol. The molecule has 0 aliphatic carbocycles. The minimum atomic E-state index is -0.284. The molecule has 4 N–H and O–H groups in total. The lowest BCUT2D eigenvalue weighted by atomic mass is 10.0. The van der Waals surface area contributed by atoms with Crippen molar-refractivity contribution in [3.05, 3.63) is 81.6 Å². The van der Waals surface area contributed by atoms with E-state index in [4.69, 9.17) is 22.1 Å². The number of hydrogen-bond acceptors (Lipinski definition) is 6. The Morgan fingerprint density at radius 2 is 2.03 bits per heavy atom. The molecule has 0 amide bonds. The van der Waals surface area contributed by atoms with Crippen LogP contribution in [0, 0.1) is 6.92 Å². The van der Waals surface area contributed by atoms with Crippen LogP contribution in [0.15, 0.2) is 59.4 Å². The second-order valence-corrected chi connectivity index (χ2v) is 7.54. The number of nitrogens with two attached hydrogens (primary N) is 1. The van der Waals surface area contributed by atoms with Gasteiger partial charge in [0, 0.05) is 11.6 Å². The Bertz CT molecular complexity index is 954. The van der Waals surface area contributed by atoms with Gasteiger partial charge in [-0.05, 0) is 60.7 Å². The maximum atomic E-state index is 11.9. The summed E-state index contributed by atoms with van der Waals surface area (Å²) in [6.45, 7) is 5.08. The zero-order valence-electron chi connectivity index (χ0n) is 17.2. The van der Waals surface area contributed by atoms with Crippen LogP contribution in [0.25, 0.3) is 0 Å². The van der Waals surface area contributed by atoms with Crippen LogP contribution < -0.4 is 16.4 Å². The fourth-order valence-corrected chi connectivity index (χ4v) is 3.39. The lowest BCUT2D eigenvalue weighted by molar-refractivity contribution is 0.0505. The third-order valence-corrected chi connectivity index (χ3v) is 5.27. The molecule has 1 heterocycles. The van der Waals surface area contributed by atoms with E-state index in [1.54, 1.807) is 12.1 Å². The maximum absolute atomic E-state index is 11.9. The molecule has 158 valence electrons. The first-order valence-electron chi connectivity index (χ1n) is 10.1. The lowest BCUT2D eigenvalue weighted by Gasteiger charge is -2.24. The van der Waals surface area contributed by atoms with Crippen molar-refractivity contribution < 1.29 is 9.53 Å². The van der Waals surface area contributed by atoms with Gasteiger partial charge in [0.2, 0.25) is 0 Å². The van der Waals surface area contributed by atoms with E-state index in [9.17, 15) is 4.79 Å². The van der Waals surface area contributed by atoms with Gasteiger partial charge in [-0.1, -0.05) is 42.8 Å². The smallest absolute Gasteiger partial charge is 0.338 e. The van der Waals surface area contributed by atoms with Gasteiger partial charge < -0.3 is 21.1 Å². The molecule has 0 saturated carbocycles. The summed E-state index contributed by atoms with van der Waals surface area (Å²) >= 11 is 6.26. The number of ether oxygens (including phenoxy) is 1. The van der Waals surface area contributed by atoms with Gasteiger partial charge in [0.25, 0.3) is 0 Å². The topological polar surface area (TPSA) is 88.7 Å². The predicted molar refractivity (Wildman–Crippen MR) is 120 cm³/mol. The number of guanidine groups is 1. The van der Waals surface area contributed by atoms with Crippen LogP contribution in [0.2, 0.25) is 5.02 Å². The Balaban J connectivity index is 1.59. The van der Waals surface area contributed by atoms with E-state index in [1.165, 1.54) is 0 Å². The molecule has 3 rings (SSSR count). The highest BCUT2D eigenvalue weighted by Gasteiger charge is 2.18. The first-order chi connectivity index (χ1) is 14.5. The van der Waals surface area contributed by atoms with Crippen molar-refractivity contribution in [1.82, 2.24) is 10.6 Å². The normalized spacial score (nSPS) is 15.6. The van der Waals surface area contributed by atoms with Crippen molar-refractivity contribution in [1.29, 1.82) is 0 Å². The number of carbonyl (C=O) groups excluding carboxylic acids is 1. The van der Waals surface area contributed by atoms with Gasteiger partial charge in [-0.3, -0.25) is 0 Å². The van der Waals surface area contributed by atoms with E-state index in [0.29, 0.717) is 24.7 Å². The molecule has 1 unspecified atom stereocenters. The number of nitrogens with one attached hydrogen (secondary N) is 2. The molecule has 0 fully saturated rings. The molecule has 0 aromatic heterocycles. The molecule has 0 saturated heterocycles. The minimum Gasteiger partial charge on any atom is -0.462 e. The summed E-state index contributed by atoms with van der Waals surface area (Å²) in [6, 6.07) is 13.2. The summed E-state index contributed by atoms with van der Waals surface area (Å²) in [7, 11) is 0. The highest BCUT2D eigenvalue weighted by molar-refractivity contribution is 6.31. The highest BCUT2D eigenvalue weighted by Crippen LogP contribution is 2.26. The van der Waals surface area contributed by atoms with Crippen LogP contribution >= 0.6 is 11.6 Å². The molecule has 1 aliphatic heterocycles. The van der Waals surface area contributed by atoms with E-state index in [-0.39, 0.29) is 12.0 Å². The average Bonchev–Trinajstić information content (AvgIpc) is 2.74. The molecule has 0 radical (unpaired) electrons. The summed E-state index contributed by atoms with van der Waals surface area (Å²) in [5, 5.41) is 7.23. The van der Waals surface area contributed by atoms with E-state index in [1.807, 2.05) is 50.3 Å². The van der Waals surface area contributed by atoms with Gasteiger partial charge >= 0.3 is 5.97 Å². The second-order valence-electron chi connectivity index (χ2n) is 7.13. The molecule has 1 atom stereocenters. The second kappa shape index (κ2) is 10.2. The summed E-state index contributed by atoms with van der Waals surface area (Å²) in [4.78, 5) is 16.2. The zero-order valence-corrected chi connectivity index (χ0v) is 18.0. The van der Waals surface area contributed by atoms with Crippen LogP contribution in [0.4, 0.5) is 0 Å². The van der Waals surface area contributed by atoms with Crippen molar-refractivity contribution in [2.24, 2.45) is 10.7 Å². The number of hydrogen-bond donors (Lipinski definition) is 3. The molecule has 30 heavy (non-hydrogen) atoms. The van der Waals surface area contributed by atoms with Gasteiger partial charge in [0.05, 0.1) is 18.2 Å². The quantitative estimate of drug-likeness (QED) is 0.558. The molecule has 0 bridgehead atoms. The van der Waals surface area contributed by atoms with Gasteiger partial charge in [-0.2, -0.15) is 4.99 Å². The first kappa shape index (κ1) is 21.7. The fraction of sp³-hybridized carbons (Fsp3) is 0.304. The zero-order chi connectivity index (χ0) is 21.5. The summed E-state index contributed by atoms with van der Waals surface area (Å²) in [6.07, 6.45) is 3.60. The van der Waals surface area contributed by atoms with Crippen LogP contribution in [0.5, 0.6) is 0 Å². The fourth-order valence-electron chi connectivity index (χ4n) is 3.21. The number of benzene rings is 2. The van der Waals surface area contributed by atoms with E-state index in [0.717, 1.165) is 40.4 Å². The number of rotatable bonds is 8. The van der Waals surface area contributed by atoms with Gasteiger partial charge in [0.1, 0.15) is 5.82 Å². The van der Waals surface area contributed by atoms with E-state index in [2.05, 4.69) is 15.6 Å². The summed E-state index contributed by atoms with van der Waals surface area (Å²) in [5.74, 6) is 0.795. The van der Waals surface area contributed by atoms with Crippen LogP contribution in [0.3, 0.4) is 0 Å². The van der Waals surface area contributed by atoms with Gasteiger partial charge in [0.15, 0.2) is 5.96 Å². The Kier molecular flexibility index (Phi) is 7.36. The molecule has 0 spiro atoms. The van der Waals surface area contributed by atoms with E-state index < -0.39 is 0 Å². The molecule has 2 aromatic carbocycles. The Labute approximate surface area is 182 Å². The molecular formula is C23H27ClN4O2. The van der Waals surface area contributed by atoms with Crippen molar-refractivity contribution in [2.45, 2.75) is 32.7 Å². The van der Waals surface area contributed by atoms with Crippen molar-refractivity contribution in [3.8, 4) is 0 Å². The lowest BCUT2D eigenvalue weighted by Crippen LogP contribution is -2.38. The molecular weight excluding hydrogens is 400 g/mol. The van der Waals surface area contributed by atoms with Gasteiger partial charge in [-0.15, -0.1) is 0 Å². The Hall–Kier alpha value is -2.99. The first-order valence-corrected chi connectivity index (χ1v) is 10.4. The largest absolute Gasteiger partial charge is 0.462 e. The minimum absolute atomic E-state index is 0.0999. The standard InChI is InChI=1S/C23H27ClN4O2/c1-3-13-30-22(29)17-9-7-16(8-10-17)11-12-26-21-14-20(27-23(25)28-21)18-5-4-6-19(24)15(18)2/h4-10,14,20,26H,3,11-13H2,1-2H3,(H3,25,27,28). The Morgan fingerprint density at radius 3 is 2.77 bits per heavy atom. The predicted octanol–water partition coefficient (Wildman–Crippen LogP) is 3.85. The SMILES string of the molecule is CCCOC(=O)c1ccc(CCNC2=CC(c3cccc(Cl)c3C)NC(N)=N2)cc1. The van der Waals surface area contributed by atoms with Crippen molar-refractivity contribution in [3.63, 3.8) is 0 Å². The number of esters is 1. The van der Waals surface area contributed by atoms with Crippen LogP contribution in [-0.4, -0.2) is 25.1 Å². The Morgan fingerprint density at radius 1 is 1.27 bits per heavy atom. The molecule has 7 heteroatoms. The number of halogens is 1. The molecule has 2 aromatic rings. The third-order valence-electron chi connectivity index (χ3n) is 4.86. The number of carbonyl (C=O) groups is 1. The van der Waals surface area contributed by atoms with Crippen LogP contribution in [0.1, 0.15) is 46.4 Å². The summed E-state index contributed by atoms with van der Waals surface area (Å²) < 4.78 is 5.15. The van der Waals surface area contributed by atoms with Crippen LogP contribution in [-0.2, 0) is 11.2 Å². The molecule has 1 aliphatic rings. The monoisotopic (exact) mass is 426 g/mol. The number of nitrogens with zero attached hydrogens (tertiary/aromatic N) is 1.